The van der Waals surface area contributed by atoms with Crippen LogP contribution in [0.2, 0.25) is 0 Å². The Balaban J connectivity index is 1.94. The molecule has 0 bridgehead atoms. The quantitative estimate of drug-likeness (QED) is 0.620. The van der Waals surface area contributed by atoms with E-state index in [0.29, 0.717) is 28.7 Å². The highest BCUT2D eigenvalue weighted by Crippen LogP contribution is 2.18. The summed E-state index contributed by atoms with van der Waals surface area (Å²) in [7, 11) is 0. The third-order valence-corrected chi connectivity index (χ3v) is 3.47. The smallest absolute Gasteiger partial charge is 0.339 e. The third kappa shape index (κ3) is 5.27. The van der Waals surface area contributed by atoms with Gasteiger partial charge in [0.25, 0.3) is 5.91 Å². The van der Waals surface area contributed by atoms with Gasteiger partial charge in [-0.15, -0.1) is 0 Å². The van der Waals surface area contributed by atoms with Gasteiger partial charge in [-0.25, -0.2) is 9.59 Å². The van der Waals surface area contributed by atoms with E-state index < -0.39 is 24.5 Å². The first kappa shape index (κ1) is 18.4. The van der Waals surface area contributed by atoms with Gasteiger partial charge < -0.3 is 10.1 Å². The summed E-state index contributed by atoms with van der Waals surface area (Å²) in [6.07, 6.45) is 1.76. The van der Waals surface area contributed by atoms with Crippen LogP contribution in [0.1, 0.15) is 35.8 Å². The number of carbonyl (C=O) groups is 3. The molecule has 0 aliphatic heterocycles. The predicted molar refractivity (Wildman–Crippen MR) is 93.2 cm³/mol. The molecule has 0 radical (unpaired) electrons. The molecule has 0 saturated heterocycles. The standard InChI is InChI=1S/C18H21N3O4/c1-3-4-9-19-18(24)21-16(22)11-25-17(23)14-10-12(2)20-15-8-6-5-7-13(14)15/h5-8,10H,3-4,9,11H2,1-2H3,(H2,19,21,22,24). The van der Waals surface area contributed by atoms with Crippen LogP contribution in [0.25, 0.3) is 10.9 Å². The minimum atomic E-state index is -0.683. The number of nitrogens with one attached hydrogen (secondary N) is 2. The first-order valence-corrected chi connectivity index (χ1v) is 8.12. The summed E-state index contributed by atoms with van der Waals surface area (Å²) in [5.74, 6) is -1.32. The Kier molecular flexibility index (Phi) is 6.45. The molecule has 3 amide bonds. The monoisotopic (exact) mass is 343 g/mol. The van der Waals surface area contributed by atoms with Gasteiger partial charge in [-0.1, -0.05) is 31.5 Å². The number of urea groups is 1. The first-order valence-electron chi connectivity index (χ1n) is 8.12. The average Bonchev–Trinajstić information content (AvgIpc) is 2.59. The second kappa shape index (κ2) is 8.77. The topological polar surface area (TPSA) is 97.4 Å². The van der Waals surface area contributed by atoms with Crippen LogP contribution < -0.4 is 10.6 Å². The molecule has 0 aliphatic rings. The van der Waals surface area contributed by atoms with Crippen LogP contribution >= 0.6 is 0 Å². The fraction of sp³-hybridized carbons (Fsp3) is 0.333. The summed E-state index contributed by atoms with van der Waals surface area (Å²) in [4.78, 5) is 39.8. The molecule has 1 aromatic carbocycles. The number of benzene rings is 1. The van der Waals surface area contributed by atoms with Gasteiger partial charge >= 0.3 is 12.0 Å². The molecule has 7 heteroatoms. The van der Waals surface area contributed by atoms with Crippen molar-refractivity contribution in [3.63, 3.8) is 0 Å². The van der Waals surface area contributed by atoms with Crippen LogP contribution in [0.3, 0.4) is 0 Å². The number of imide groups is 1. The van der Waals surface area contributed by atoms with E-state index >= 15 is 0 Å². The fourth-order valence-corrected chi connectivity index (χ4v) is 2.27. The zero-order valence-corrected chi connectivity index (χ0v) is 14.3. The lowest BCUT2D eigenvalue weighted by atomic mass is 10.1. The van der Waals surface area contributed by atoms with Crippen LogP contribution in [-0.4, -0.2) is 36.0 Å². The van der Waals surface area contributed by atoms with E-state index in [-0.39, 0.29) is 0 Å². The molecular formula is C18H21N3O4. The number of aryl methyl sites for hydroxylation is 1. The van der Waals surface area contributed by atoms with Gasteiger partial charge in [0.15, 0.2) is 6.61 Å². The number of para-hydroxylation sites is 1. The molecule has 0 aliphatic carbocycles. The summed E-state index contributed by atoms with van der Waals surface area (Å²) in [6.45, 7) is 3.72. The number of amides is 3. The van der Waals surface area contributed by atoms with Gasteiger partial charge in [-0.3, -0.25) is 15.1 Å². The summed E-state index contributed by atoms with van der Waals surface area (Å²) < 4.78 is 5.02. The maximum absolute atomic E-state index is 12.3. The van der Waals surface area contributed by atoms with Crippen molar-refractivity contribution in [2.24, 2.45) is 0 Å². The summed E-state index contributed by atoms with van der Waals surface area (Å²) in [5, 5.41) is 5.31. The zero-order chi connectivity index (χ0) is 18.2. The van der Waals surface area contributed by atoms with Crippen LogP contribution in [0.5, 0.6) is 0 Å². The zero-order valence-electron chi connectivity index (χ0n) is 14.3. The fourth-order valence-electron chi connectivity index (χ4n) is 2.27. The molecule has 2 N–H and O–H groups in total. The Hall–Kier alpha value is -2.96. The van der Waals surface area contributed by atoms with Crippen molar-refractivity contribution in [3.8, 4) is 0 Å². The lowest BCUT2D eigenvalue weighted by Gasteiger charge is -2.09. The Bertz CT molecular complexity index is 789. The number of fused-ring (bicyclic) bond motifs is 1. The number of nitrogens with zero attached hydrogens (tertiary/aromatic N) is 1. The van der Waals surface area contributed by atoms with E-state index in [4.69, 9.17) is 4.74 Å². The number of unbranched alkanes of at least 4 members (excludes halogenated alkanes) is 1. The SMILES string of the molecule is CCCCNC(=O)NC(=O)COC(=O)c1cc(C)nc2ccccc12. The molecule has 0 fully saturated rings. The number of hydrogen-bond acceptors (Lipinski definition) is 5. The highest BCUT2D eigenvalue weighted by atomic mass is 16.5. The highest BCUT2D eigenvalue weighted by molar-refractivity contribution is 6.04. The Morgan fingerprint density at radius 2 is 1.96 bits per heavy atom. The molecular weight excluding hydrogens is 322 g/mol. The van der Waals surface area contributed by atoms with Gasteiger partial charge in [0.2, 0.25) is 0 Å². The average molecular weight is 343 g/mol. The summed E-state index contributed by atoms with van der Waals surface area (Å²) in [6, 6.07) is 8.20. The van der Waals surface area contributed by atoms with Crippen molar-refractivity contribution >= 4 is 28.8 Å². The number of aromatic nitrogens is 1. The van der Waals surface area contributed by atoms with Gasteiger partial charge in [0.1, 0.15) is 0 Å². The molecule has 2 rings (SSSR count). The van der Waals surface area contributed by atoms with Crippen LogP contribution in [-0.2, 0) is 9.53 Å². The first-order chi connectivity index (χ1) is 12.0. The van der Waals surface area contributed by atoms with Crippen LogP contribution in [0.4, 0.5) is 4.79 Å². The van der Waals surface area contributed by atoms with E-state index in [2.05, 4.69) is 15.6 Å². The normalized spacial score (nSPS) is 10.3. The molecule has 0 spiro atoms. The van der Waals surface area contributed by atoms with Crippen molar-refractivity contribution < 1.29 is 19.1 Å². The van der Waals surface area contributed by atoms with Crippen molar-refractivity contribution in [2.45, 2.75) is 26.7 Å². The van der Waals surface area contributed by atoms with Gasteiger partial charge in [0, 0.05) is 17.6 Å². The second-order valence-corrected chi connectivity index (χ2v) is 5.56. The molecule has 25 heavy (non-hydrogen) atoms. The van der Waals surface area contributed by atoms with E-state index in [9.17, 15) is 14.4 Å². The molecule has 2 aromatic rings. The maximum Gasteiger partial charge on any atom is 0.339 e. The molecule has 1 heterocycles. The van der Waals surface area contributed by atoms with Crippen LogP contribution in [0.15, 0.2) is 30.3 Å². The minimum absolute atomic E-state index is 0.336. The number of rotatable bonds is 6. The predicted octanol–water partition coefficient (Wildman–Crippen LogP) is 2.33. The Morgan fingerprint density at radius 3 is 2.72 bits per heavy atom. The van der Waals surface area contributed by atoms with Crippen molar-refractivity contribution in [2.75, 3.05) is 13.2 Å². The van der Waals surface area contributed by atoms with E-state index in [1.54, 1.807) is 31.2 Å². The molecule has 0 saturated carbocycles. The molecule has 7 nitrogen and oxygen atoms in total. The number of ether oxygens (including phenoxy) is 1. The third-order valence-electron chi connectivity index (χ3n) is 3.47. The summed E-state index contributed by atoms with van der Waals surface area (Å²) >= 11 is 0. The number of carbonyl (C=O) groups excluding carboxylic acids is 3. The maximum atomic E-state index is 12.3. The van der Waals surface area contributed by atoms with Crippen LogP contribution in [0, 0.1) is 6.92 Å². The number of pyridine rings is 1. The minimum Gasteiger partial charge on any atom is -0.452 e. The Labute approximate surface area is 145 Å². The molecule has 0 atom stereocenters. The Morgan fingerprint density at radius 1 is 1.20 bits per heavy atom. The second-order valence-electron chi connectivity index (χ2n) is 5.56. The van der Waals surface area contributed by atoms with Crippen molar-refractivity contribution in [1.82, 2.24) is 15.6 Å². The van der Waals surface area contributed by atoms with Crippen molar-refractivity contribution in [3.05, 3.63) is 41.6 Å². The largest absolute Gasteiger partial charge is 0.452 e. The van der Waals surface area contributed by atoms with Gasteiger partial charge in [-0.05, 0) is 25.5 Å². The van der Waals surface area contributed by atoms with E-state index in [1.165, 1.54) is 0 Å². The van der Waals surface area contributed by atoms with Gasteiger partial charge in [0.05, 0.1) is 11.1 Å². The highest BCUT2D eigenvalue weighted by Gasteiger charge is 2.15. The molecule has 0 unspecified atom stereocenters. The number of esters is 1. The molecule has 1 aromatic heterocycles. The van der Waals surface area contributed by atoms with E-state index in [1.807, 2.05) is 13.0 Å². The lowest BCUT2D eigenvalue weighted by molar-refractivity contribution is -0.123. The summed E-state index contributed by atoms with van der Waals surface area (Å²) in [5.41, 5.74) is 1.68. The molecule has 132 valence electrons. The van der Waals surface area contributed by atoms with Crippen molar-refractivity contribution in [1.29, 1.82) is 0 Å². The number of hydrogen-bond donors (Lipinski definition) is 2. The van der Waals surface area contributed by atoms with Gasteiger partial charge in [-0.2, -0.15) is 0 Å². The van der Waals surface area contributed by atoms with E-state index in [0.717, 1.165) is 12.8 Å². The lowest BCUT2D eigenvalue weighted by Crippen LogP contribution is -2.41.